The molecular formula is C18H22FN3O2. The normalized spacial score (nSPS) is 21.0. The lowest BCUT2D eigenvalue weighted by Crippen LogP contribution is -2.43. The van der Waals surface area contributed by atoms with Crippen molar-refractivity contribution < 1.29 is 4.39 Å². The molecule has 2 heterocycles. The highest BCUT2D eigenvalue weighted by molar-refractivity contribution is 5.37. The summed E-state index contributed by atoms with van der Waals surface area (Å²) in [6, 6.07) is 7.26. The minimum absolute atomic E-state index is 0.127. The van der Waals surface area contributed by atoms with Gasteiger partial charge in [0.15, 0.2) is 0 Å². The summed E-state index contributed by atoms with van der Waals surface area (Å²) in [6.45, 7) is 6.15. The number of benzene rings is 1. The number of hydrogen-bond donors (Lipinski definition) is 1. The van der Waals surface area contributed by atoms with Crippen LogP contribution in [0.1, 0.15) is 25.8 Å². The molecule has 1 aliphatic rings. The van der Waals surface area contributed by atoms with E-state index in [1.165, 1.54) is 18.2 Å². The van der Waals surface area contributed by atoms with Gasteiger partial charge in [0, 0.05) is 19.2 Å². The molecule has 2 aromatic rings. The van der Waals surface area contributed by atoms with E-state index in [0.717, 1.165) is 24.1 Å². The van der Waals surface area contributed by atoms with Gasteiger partial charge in [0.05, 0.1) is 6.54 Å². The average molecular weight is 331 g/mol. The fourth-order valence-corrected chi connectivity index (χ4v) is 3.46. The maximum atomic E-state index is 13.0. The molecule has 6 heteroatoms. The van der Waals surface area contributed by atoms with E-state index < -0.39 is 5.69 Å². The first kappa shape index (κ1) is 16.5. The highest BCUT2D eigenvalue weighted by Crippen LogP contribution is 2.23. The lowest BCUT2D eigenvalue weighted by Gasteiger charge is -2.36. The zero-order valence-corrected chi connectivity index (χ0v) is 14.0. The first-order valence-corrected chi connectivity index (χ1v) is 8.26. The van der Waals surface area contributed by atoms with Crippen molar-refractivity contribution in [3.63, 3.8) is 0 Å². The Morgan fingerprint density at radius 2 is 1.75 bits per heavy atom. The Kier molecular flexibility index (Phi) is 4.55. The molecule has 5 nitrogen and oxygen atoms in total. The van der Waals surface area contributed by atoms with Crippen LogP contribution in [0.3, 0.4) is 0 Å². The molecule has 1 aromatic carbocycles. The number of H-pyrrole nitrogens is 1. The van der Waals surface area contributed by atoms with Gasteiger partial charge in [-0.25, -0.2) is 9.18 Å². The molecule has 0 aliphatic carbocycles. The zero-order valence-electron chi connectivity index (χ0n) is 14.0. The Morgan fingerprint density at radius 3 is 2.33 bits per heavy atom. The van der Waals surface area contributed by atoms with Crippen LogP contribution in [0.4, 0.5) is 10.2 Å². The molecule has 1 fully saturated rings. The molecule has 0 bridgehead atoms. The van der Waals surface area contributed by atoms with Crippen molar-refractivity contribution >= 4 is 5.82 Å². The molecular weight excluding hydrogens is 309 g/mol. The van der Waals surface area contributed by atoms with Crippen LogP contribution in [0.2, 0.25) is 0 Å². The molecule has 1 saturated heterocycles. The number of nitrogens with zero attached hydrogens (tertiary/aromatic N) is 2. The van der Waals surface area contributed by atoms with Crippen LogP contribution in [0.15, 0.2) is 39.9 Å². The van der Waals surface area contributed by atoms with Crippen LogP contribution in [-0.4, -0.2) is 22.6 Å². The van der Waals surface area contributed by atoms with Gasteiger partial charge >= 0.3 is 5.69 Å². The summed E-state index contributed by atoms with van der Waals surface area (Å²) in [7, 11) is 0. The maximum absolute atomic E-state index is 13.0. The van der Waals surface area contributed by atoms with Crippen molar-refractivity contribution in [1.29, 1.82) is 0 Å². The SMILES string of the molecule is C[C@H]1C[C@H](C)CN(c2cc(=O)n(Cc3ccc(F)cc3)c(=O)[nH]2)C1. The summed E-state index contributed by atoms with van der Waals surface area (Å²) in [5.41, 5.74) is -0.0753. The largest absolute Gasteiger partial charge is 0.357 e. The van der Waals surface area contributed by atoms with Gasteiger partial charge in [0.1, 0.15) is 11.6 Å². The van der Waals surface area contributed by atoms with E-state index in [2.05, 4.69) is 23.7 Å². The van der Waals surface area contributed by atoms with Crippen LogP contribution < -0.4 is 16.1 Å². The number of rotatable bonds is 3. The molecule has 0 radical (unpaired) electrons. The van der Waals surface area contributed by atoms with Gasteiger partial charge in [0.2, 0.25) is 0 Å². The van der Waals surface area contributed by atoms with E-state index in [1.807, 2.05) is 0 Å². The second-order valence-electron chi connectivity index (χ2n) is 6.86. The Morgan fingerprint density at radius 1 is 1.12 bits per heavy atom. The smallest absolute Gasteiger partial charge is 0.330 e. The highest BCUT2D eigenvalue weighted by atomic mass is 19.1. The maximum Gasteiger partial charge on any atom is 0.330 e. The average Bonchev–Trinajstić information content (AvgIpc) is 2.51. The lowest BCUT2D eigenvalue weighted by molar-refractivity contribution is 0.355. The highest BCUT2D eigenvalue weighted by Gasteiger charge is 2.23. The van der Waals surface area contributed by atoms with E-state index in [-0.39, 0.29) is 17.9 Å². The molecule has 1 aromatic heterocycles. The first-order chi connectivity index (χ1) is 11.4. The topological polar surface area (TPSA) is 58.1 Å². The summed E-state index contributed by atoms with van der Waals surface area (Å²) < 4.78 is 14.1. The van der Waals surface area contributed by atoms with E-state index >= 15 is 0 Å². The van der Waals surface area contributed by atoms with Crippen LogP contribution in [-0.2, 0) is 6.54 Å². The second kappa shape index (κ2) is 6.63. The Labute approximate surface area is 139 Å². The Hall–Kier alpha value is -2.37. The molecule has 128 valence electrons. The van der Waals surface area contributed by atoms with Crippen LogP contribution in [0.25, 0.3) is 0 Å². The number of anilines is 1. The van der Waals surface area contributed by atoms with Crippen molar-refractivity contribution in [3.05, 3.63) is 62.6 Å². The van der Waals surface area contributed by atoms with Gasteiger partial charge in [-0.3, -0.25) is 14.3 Å². The molecule has 0 unspecified atom stereocenters. The van der Waals surface area contributed by atoms with Crippen molar-refractivity contribution in [2.75, 3.05) is 18.0 Å². The molecule has 0 saturated carbocycles. The van der Waals surface area contributed by atoms with Gasteiger partial charge in [-0.15, -0.1) is 0 Å². The number of aromatic amines is 1. The third-order valence-corrected chi connectivity index (χ3v) is 4.47. The number of hydrogen-bond acceptors (Lipinski definition) is 3. The predicted molar refractivity (Wildman–Crippen MR) is 92.0 cm³/mol. The third-order valence-electron chi connectivity index (χ3n) is 4.47. The molecule has 2 atom stereocenters. The fraction of sp³-hybridized carbons (Fsp3) is 0.444. The summed E-state index contributed by atoms with van der Waals surface area (Å²) >= 11 is 0. The van der Waals surface area contributed by atoms with Crippen LogP contribution in [0.5, 0.6) is 0 Å². The predicted octanol–water partition coefficient (Wildman–Crippen LogP) is 2.21. The molecule has 1 aliphatic heterocycles. The Bertz CT molecular complexity index is 784. The molecule has 0 spiro atoms. The molecule has 1 N–H and O–H groups in total. The number of nitrogens with one attached hydrogen (secondary N) is 1. The number of aromatic nitrogens is 2. The summed E-state index contributed by atoms with van der Waals surface area (Å²) in [6.07, 6.45) is 1.16. The third kappa shape index (κ3) is 3.58. The minimum Gasteiger partial charge on any atom is -0.357 e. The molecule has 3 rings (SSSR count). The number of halogens is 1. The van der Waals surface area contributed by atoms with Gasteiger partial charge in [-0.2, -0.15) is 0 Å². The van der Waals surface area contributed by atoms with E-state index in [4.69, 9.17) is 0 Å². The van der Waals surface area contributed by atoms with Crippen LogP contribution in [0, 0.1) is 17.7 Å². The molecule has 24 heavy (non-hydrogen) atoms. The quantitative estimate of drug-likeness (QED) is 0.938. The van der Waals surface area contributed by atoms with E-state index in [9.17, 15) is 14.0 Å². The number of piperidine rings is 1. The van der Waals surface area contributed by atoms with Gasteiger partial charge < -0.3 is 4.90 Å². The standard InChI is InChI=1S/C18H22FN3O2/c1-12-7-13(2)10-21(9-12)16-8-17(23)22(18(24)20-16)11-14-3-5-15(19)6-4-14/h3-6,8,12-13H,7,9-11H2,1-2H3,(H,20,24)/t12-,13-/m0/s1. The van der Waals surface area contributed by atoms with Crippen molar-refractivity contribution in [1.82, 2.24) is 9.55 Å². The summed E-state index contributed by atoms with van der Waals surface area (Å²) in [4.78, 5) is 29.6. The minimum atomic E-state index is -0.437. The Balaban J connectivity index is 1.87. The van der Waals surface area contributed by atoms with Crippen molar-refractivity contribution in [3.8, 4) is 0 Å². The van der Waals surface area contributed by atoms with Gasteiger partial charge in [-0.05, 0) is 36.0 Å². The van der Waals surface area contributed by atoms with Gasteiger partial charge in [-0.1, -0.05) is 26.0 Å². The monoisotopic (exact) mass is 331 g/mol. The van der Waals surface area contributed by atoms with E-state index in [1.54, 1.807) is 12.1 Å². The van der Waals surface area contributed by atoms with Crippen LogP contribution >= 0.6 is 0 Å². The summed E-state index contributed by atoms with van der Waals surface area (Å²) in [5, 5.41) is 0. The van der Waals surface area contributed by atoms with Gasteiger partial charge in [0.25, 0.3) is 5.56 Å². The molecule has 0 amide bonds. The fourth-order valence-electron chi connectivity index (χ4n) is 3.46. The second-order valence-corrected chi connectivity index (χ2v) is 6.86. The van der Waals surface area contributed by atoms with E-state index in [0.29, 0.717) is 23.2 Å². The first-order valence-electron chi connectivity index (χ1n) is 8.26. The zero-order chi connectivity index (χ0) is 17.3. The summed E-state index contributed by atoms with van der Waals surface area (Å²) in [5.74, 6) is 1.29. The lowest BCUT2D eigenvalue weighted by atomic mass is 9.92. The van der Waals surface area contributed by atoms with Crippen molar-refractivity contribution in [2.45, 2.75) is 26.8 Å². The van der Waals surface area contributed by atoms with Crippen molar-refractivity contribution in [2.24, 2.45) is 11.8 Å².